The first kappa shape index (κ1) is 11.7. The fourth-order valence-corrected chi connectivity index (χ4v) is 1.96. The Kier molecular flexibility index (Phi) is 2.70. The third-order valence-electron chi connectivity index (χ3n) is 3.16. The summed E-state index contributed by atoms with van der Waals surface area (Å²) in [5.41, 5.74) is 7.28. The first-order valence-electron chi connectivity index (χ1n) is 6.06. The number of carbonyl (C=O) groups is 1. The number of nitrogens with zero attached hydrogens (tertiary/aromatic N) is 1. The number of benzene rings is 1. The summed E-state index contributed by atoms with van der Waals surface area (Å²) in [5, 5.41) is 9.17. The van der Waals surface area contributed by atoms with Gasteiger partial charge in [-0.15, -0.1) is 0 Å². The molecule has 1 saturated carbocycles. The summed E-state index contributed by atoms with van der Waals surface area (Å²) in [7, 11) is 0. The third kappa shape index (κ3) is 2.16. The SMILES string of the molecule is Nc1c(C(=O)Nc2ccccc2F)n[nH]c1C1CC1. The van der Waals surface area contributed by atoms with Gasteiger partial charge in [0.05, 0.1) is 17.1 Å². The minimum absolute atomic E-state index is 0.114. The lowest BCUT2D eigenvalue weighted by molar-refractivity contribution is 0.102. The molecule has 0 atom stereocenters. The van der Waals surface area contributed by atoms with Crippen molar-refractivity contribution in [2.75, 3.05) is 11.1 Å². The van der Waals surface area contributed by atoms with Crippen LogP contribution in [0.2, 0.25) is 0 Å². The van der Waals surface area contributed by atoms with E-state index in [4.69, 9.17) is 5.73 Å². The maximum absolute atomic E-state index is 13.4. The molecule has 2 aromatic rings. The number of nitrogen functional groups attached to an aromatic ring is 1. The normalized spacial score (nSPS) is 14.4. The van der Waals surface area contributed by atoms with Crippen LogP contribution < -0.4 is 11.1 Å². The Morgan fingerprint density at radius 2 is 2.16 bits per heavy atom. The number of aromatic amines is 1. The van der Waals surface area contributed by atoms with Crippen LogP contribution in [-0.4, -0.2) is 16.1 Å². The number of nitrogens with one attached hydrogen (secondary N) is 2. The van der Waals surface area contributed by atoms with Crippen LogP contribution >= 0.6 is 0 Å². The number of H-pyrrole nitrogens is 1. The number of halogens is 1. The average molecular weight is 260 g/mol. The van der Waals surface area contributed by atoms with E-state index in [1.807, 2.05) is 0 Å². The van der Waals surface area contributed by atoms with Crippen molar-refractivity contribution < 1.29 is 9.18 Å². The quantitative estimate of drug-likeness (QED) is 0.791. The topological polar surface area (TPSA) is 83.8 Å². The van der Waals surface area contributed by atoms with Gasteiger partial charge in [0.2, 0.25) is 0 Å². The number of anilines is 2. The largest absolute Gasteiger partial charge is 0.395 e. The Hall–Kier alpha value is -2.37. The van der Waals surface area contributed by atoms with E-state index in [-0.39, 0.29) is 11.4 Å². The Labute approximate surface area is 109 Å². The van der Waals surface area contributed by atoms with Gasteiger partial charge in [-0.3, -0.25) is 9.89 Å². The molecule has 1 aliphatic carbocycles. The molecule has 98 valence electrons. The van der Waals surface area contributed by atoms with Crippen molar-refractivity contribution in [1.82, 2.24) is 10.2 Å². The molecule has 1 aromatic heterocycles. The van der Waals surface area contributed by atoms with Crippen molar-refractivity contribution in [3.8, 4) is 0 Å². The van der Waals surface area contributed by atoms with Gasteiger partial charge in [0, 0.05) is 5.92 Å². The van der Waals surface area contributed by atoms with E-state index in [0.29, 0.717) is 11.6 Å². The average Bonchev–Trinajstić information content (AvgIpc) is 3.15. The Morgan fingerprint density at radius 3 is 2.84 bits per heavy atom. The first-order valence-corrected chi connectivity index (χ1v) is 6.06. The predicted octanol–water partition coefficient (Wildman–Crippen LogP) is 2.26. The number of rotatable bonds is 3. The van der Waals surface area contributed by atoms with Crippen LogP contribution in [0.1, 0.15) is 34.9 Å². The highest BCUT2D eigenvalue weighted by atomic mass is 19.1. The van der Waals surface area contributed by atoms with E-state index < -0.39 is 11.7 Å². The number of carbonyl (C=O) groups excluding carboxylic acids is 1. The maximum Gasteiger partial charge on any atom is 0.278 e. The van der Waals surface area contributed by atoms with Crippen molar-refractivity contribution >= 4 is 17.3 Å². The van der Waals surface area contributed by atoms with Crippen LogP contribution in [0.15, 0.2) is 24.3 Å². The molecule has 1 amide bonds. The molecule has 4 N–H and O–H groups in total. The molecule has 5 nitrogen and oxygen atoms in total. The van der Waals surface area contributed by atoms with Gasteiger partial charge in [0.15, 0.2) is 5.69 Å². The van der Waals surface area contributed by atoms with E-state index in [2.05, 4.69) is 15.5 Å². The molecule has 3 rings (SSSR count). The molecule has 1 fully saturated rings. The van der Waals surface area contributed by atoms with Crippen molar-refractivity contribution in [2.45, 2.75) is 18.8 Å². The van der Waals surface area contributed by atoms with Gasteiger partial charge >= 0.3 is 0 Å². The highest BCUT2D eigenvalue weighted by Crippen LogP contribution is 2.42. The zero-order chi connectivity index (χ0) is 13.4. The smallest absolute Gasteiger partial charge is 0.278 e. The third-order valence-corrected chi connectivity index (χ3v) is 3.16. The zero-order valence-corrected chi connectivity index (χ0v) is 10.1. The predicted molar refractivity (Wildman–Crippen MR) is 69.3 cm³/mol. The van der Waals surface area contributed by atoms with E-state index in [1.165, 1.54) is 12.1 Å². The van der Waals surface area contributed by atoms with Crippen LogP contribution in [-0.2, 0) is 0 Å². The molecule has 19 heavy (non-hydrogen) atoms. The monoisotopic (exact) mass is 260 g/mol. The van der Waals surface area contributed by atoms with Crippen LogP contribution in [0, 0.1) is 5.82 Å². The molecule has 0 saturated heterocycles. The summed E-state index contributed by atoms with van der Waals surface area (Å²) < 4.78 is 13.4. The molecular formula is C13H13FN4O. The van der Waals surface area contributed by atoms with Crippen LogP contribution in [0.25, 0.3) is 0 Å². The summed E-state index contributed by atoms with van der Waals surface area (Å²) in [6.07, 6.45) is 2.11. The lowest BCUT2D eigenvalue weighted by atomic mass is 10.2. The van der Waals surface area contributed by atoms with Crippen molar-refractivity contribution in [3.05, 3.63) is 41.5 Å². The molecular weight excluding hydrogens is 247 g/mol. The Bertz CT molecular complexity index is 633. The van der Waals surface area contributed by atoms with Gasteiger partial charge in [0.1, 0.15) is 5.82 Å². The molecule has 0 unspecified atom stereocenters. The van der Waals surface area contributed by atoms with E-state index in [9.17, 15) is 9.18 Å². The van der Waals surface area contributed by atoms with E-state index >= 15 is 0 Å². The number of hydrogen-bond donors (Lipinski definition) is 3. The number of para-hydroxylation sites is 1. The van der Waals surface area contributed by atoms with Crippen molar-refractivity contribution in [1.29, 1.82) is 0 Å². The van der Waals surface area contributed by atoms with Crippen molar-refractivity contribution in [2.24, 2.45) is 0 Å². The van der Waals surface area contributed by atoms with Crippen LogP contribution in [0.3, 0.4) is 0 Å². The van der Waals surface area contributed by atoms with Crippen molar-refractivity contribution in [3.63, 3.8) is 0 Å². The molecule has 1 heterocycles. The lowest BCUT2D eigenvalue weighted by Crippen LogP contribution is -2.15. The van der Waals surface area contributed by atoms with E-state index in [1.54, 1.807) is 12.1 Å². The first-order chi connectivity index (χ1) is 9.16. The number of amides is 1. The molecule has 0 bridgehead atoms. The fraction of sp³-hybridized carbons (Fsp3) is 0.231. The standard InChI is InChI=1S/C13H13FN4O/c14-8-3-1-2-4-9(8)16-13(19)12-10(15)11(17-18-12)7-5-6-7/h1-4,7H,5-6,15H2,(H,16,19)(H,17,18). The maximum atomic E-state index is 13.4. The molecule has 0 aliphatic heterocycles. The number of hydrogen-bond acceptors (Lipinski definition) is 3. The van der Waals surface area contributed by atoms with Gasteiger partial charge in [-0.25, -0.2) is 4.39 Å². The minimum atomic E-state index is -0.509. The summed E-state index contributed by atoms with van der Waals surface area (Å²) >= 11 is 0. The van der Waals surface area contributed by atoms with E-state index in [0.717, 1.165) is 18.5 Å². The van der Waals surface area contributed by atoms with Gasteiger partial charge in [0.25, 0.3) is 5.91 Å². The zero-order valence-electron chi connectivity index (χ0n) is 10.1. The van der Waals surface area contributed by atoms with Gasteiger partial charge in [-0.2, -0.15) is 5.10 Å². The van der Waals surface area contributed by atoms with Gasteiger partial charge < -0.3 is 11.1 Å². The second-order valence-electron chi connectivity index (χ2n) is 4.61. The number of aromatic nitrogens is 2. The fourth-order valence-electron chi connectivity index (χ4n) is 1.96. The summed E-state index contributed by atoms with van der Waals surface area (Å²) in [6.45, 7) is 0. The van der Waals surface area contributed by atoms with Gasteiger partial charge in [-0.1, -0.05) is 12.1 Å². The molecule has 1 aromatic carbocycles. The van der Waals surface area contributed by atoms with Crippen LogP contribution in [0.4, 0.5) is 15.8 Å². The number of nitrogens with two attached hydrogens (primary N) is 1. The highest BCUT2D eigenvalue weighted by molar-refractivity contribution is 6.06. The van der Waals surface area contributed by atoms with Crippen LogP contribution in [0.5, 0.6) is 0 Å². The summed E-state index contributed by atoms with van der Waals surface area (Å²) in [4.78, 5) is 12.0. The summed E-state index contributed by atoms with van der Waals surface area (Å²) in [6, 6.07) is 5.96. The molecule has 6 heteroatoms. The molecule has 0 spiro atoms. The second-order valence-corrected chi connectivity index (χ2v) is 4.61. The van der Waals surface area contributed by atoms with Gasteiger partial charge in [-0.05, 0) is 25.0 Å². The second kappa shape index (κ2) is 4.38. The lowest BCUT2D eigenvalue weighted by Gasteiger charge is -2.04. The molecule has 0 radical (unpaired) electrons. The summed E-state index contributed by atoms with van der Waals surface area (Å²) in [5.74, 6) is -0.624. The molecule has 1 aliphatic rings. The minimum Gasteiger partial charge on any atom is -0.395 e. The Balaban J connectivity index is 1.82. The Morgan fingerprint density at radius 1 is 1.42 bits per heavy atom. The highest BCUT2D eigenvalue weighted by Gasteiger charge is 2.30.